The lowest BCUT2D eigenvalue weighted by molar-refractivity contribution is -0.142. The van der Waals surface area contributed by atoms with Crippen molar-refractivity contribution < 1.29 is 14.3 Å². The number of rotatable bonds is 5. The number of hydrogen-bond donors (Lipinski definition) is 1. The first-order valence-corrected chi connectivity index (χ1v) is 10.5. The third kappa shape index (κ3) is 4.24. The van der Waals surface area contributed by atoms with Crippen LogP contribution in [0.25, 0.3) is 10.2 Å². The van der Waals surface area contributed by atoms with Crippen LogP contribution in [0.5, 0.6) is 5.75 Å². The highest BCUT2D eigenvalue weighted by Crippen LogP contribution is 2.27. The Morgan fingerprint density at radius 3 is 2.86 bits per heavy atom. The van der Waals surface area contributed by atoms with Gasteiger partial charge in [-0.2, -0.15) is 0 Å². The lowest BCUT2D eigenvalue weighted by Crippen LogP contribution is -2.47. The van der Waals surface area contributed by atoms with Gasteiger partial charge in [-0.1, -0.05) is 35.6 Å². The van der Waals surface area contributed by atoms with Crippen molar-refractivity contribution in [2.75, 3.05) is 11.9 Å². The summed E-state index contributed by atoms with van der Waals surface area (Å²) in [6.45, 7) is 4.26. The van der Waals surface area contributed by atoms with E-state index in [-0.39, 0.29) is 11.8 Å². The summed E-state index contributed by atoms with van der Waals surface area (Å²) in [6.07, 6.45) is 0.771. The zero-order valence-corrected chi connectivity index (χ0v) is 17.2. The molecule has 1 saturated heterocycles. The standard InChI is InChI=1S/C22H23N3O3S/c1-14-7-5-8-16(13-14)28-15(2)21(27)25-12-6-10-18(25)20(26)24-22-23-17-9-3-4-11-19(17)29-22/h3-5,7-9,11,13,15,18H,6,10,12H2,1-2H3,(H,23,24,26)/t15-,18-/m1/s1. The predicted octanol–water partition coefficient (Wildman–Crippen LogP) is 4.00. The van der Waals surface area contributed by atoms with Gasteiger partial charge in [0.25, 0.3) is 5.91 Å². The first-order valence-electron chi connectivity index (χ1n) is 9.71. The number of aromatic nitrogens is 1. The Bertz CT molecular complexity index is 1020. The van der Waals surface area contributed by atoms with E-state index in [1.807, 2.05) is 55.5 Å². The Kier molecular flexibility index (Phi) is 5.49. The van der Waals surface area contributed by atoms with Crippen LogP contribution < -0.4 is 10.1 Å². The number of fused-ring (bicyclic) bond motifs is 1. The molecular formula is C22H23N3O3S. The average molecular weight is 410 g/mol. The number of para-hydroxylation sites is 1. The number of ether oxygens (including phenoxy) is 1. The molecule has 3 aromatic rings. The highest BCUT2D eigenvalue weighted by atomic mass is 32.1. The van der Waals surface area contributed by atoms with Crippen molar-refractivity contribution in [2.24, 2.45) is 0 Å². The van der Waals surface area contributed by atoms with Crippen LogP contribution in [0, 0.1) is 6.92 Å². The Morgan fingerprint density at radius 2 is 2.07 bits per heavy atom. The van der Waals surface area contributed by atoms with Gasteiger partial charge in [0, 0.05) is 6.54 Å². The van der Waals surface area contributed by atoms with E-state index in [4.69, 9.17) is 4.74 Å². The van der Waals surface area contributed by atoms with Crippen LogP contribution in [0.2, 0.25) is 0 Å². The summed E-state index contributed by atoms with van der Waals surface area (Å²) >= 11 is 1.43. The van der Waals surface area contributed by atoms with Gasteiger partial charge < -0.3 is 15.0 Å². The lowest BCUT2D eigenvalue weighted by atomic mass is 10.2. The molecule has 1 fully saturated rings. The summed E-state index contributed by atoms with van der Waals surface area (Å²) in [5.74, 6) is 0.284. The summed E-state index contributed by atoms with van der Waals surface area (Å²) in [5, 5.41) is 3.44. The summed E-state index contributed by atoms with van der Waals surface area (Å²) in [6, 6.07) is 14.8. The largest absolute Gasteiger partial charge is 0.481 e. The second-order valence-corrected chi connectivity index (χ2v) is 8.27. The van der Waals surface area contributed by atoms with Crippen LogP contribution in [0.15, 0.2) is 48.5 Å². The van der Waals surface area contributed by atoms with E-state index in [1.54, 1.807) is 11.8 Å². The Morgan fingerprint density at radius 1 is 1.24 bits per heavy atom. The molecule has 0 radical (unpaired) electrons. The number of likely N-dealkylation sites (tertiary alicyclic amines) is 1. The first kappa shape index (κ1) is 19.4. The molecule has 0 aliphatic carbocycles. The summed E-state index contributed by atoms with van der Waals surface area (Å²) in [5.41, 5.74) is 1.92. The van der Waals surface area contributed by atoms with Gasteiger partial charge in [-0.15, -0.1) is 0 Å². The maximum atomic E-state index is 13.0. The van der Waals surface area contributed by atoms with Gasteiger partial charge in [-0.25, -0.2) is 4.98 Å². The van der Waals surface area contributed by atoms with Crippen molar-refractivity contribution in [3.8, 4) is 5.75 Å². The van der Waals surface area contributed by atoms with Gasteiger partial charge in [-0.3, -0.25) is 9.59 Å². The molecule has 6 nitrogen and oxygen atoms in total. The van der Waals surface area contributed by atoms with Crippen molar-refractivity contribution in [3.63, 3.8) is 0 Å². The van der Waals surface area contributed by atoms with Crippen molar-refractivity contribution in [2.45, 2.75) is 38.8 Å². The van der Waals surface area contributed by atoms with E-state index in [0.29, 0.717) is 23.8 Å². The topological polar surface area (TPSA) is 71.5 Å². The molecule has 1 aromatic heterocycles. The zero-order valence-electron chi connectivity index (χ0n) is 16.4. The fourth-order valence-electron chi connectivity index (χ4n) is 3.59. The minimum absolute atomic E-state index is 0.173. The van der Waals surface area contributed by atoms with E-state index in [2.05, 4.69) is 10.3 Å². The number of benzene rings is 2. The van der Waals surface area contributed by atoms with Gasteiger partial charge in [0.1, 0.15) is 11.8 Å². The minimum Gasteiger partial charge on any atom is -0.481 e. The summed E-state index contributed by atoms with van der Waals surface area (Å²) in [7, 11) is 0. The third-order valence-electron chi connectivity index (χ3n) is 5.01. The van der Waals surface area contributed by atoms with Crippen molar-refractivity contribution >= 4 is 38.5 Å². The predicted molar refractivity (Wildman–Crippen MR) is 114 cm³/mol. The monoisotopic (exact) mass is 409 g/mol. The number of carbonyl (C=O) groups is 2. The number of nitrogens with zero attached hydrogens (tertiary/aromatic N) is 2. The molecule has 1 aliphatic heterocycles. The fourth-order valence-corrected chi connectivity index (χ4v) is 4.46. The molecule has 0 unspecified atom stereocenters. The van der Waals surface area contributed by atoms with Gasteiger partial charge in [0.15, 0.2) is 11.2 Å². The van der Waals surface area contributed by atoms with Crippen LogP contribution in [-0.4, -0.2) is 40.4 Å². The molecule has 2 heterocycles. The summed E-state index contributed by atoms with van der Waals surface area (Å²) < 4.78 is 6.84. The molecule has 0 spiro atoms. The molecule has 2 amide bonds. The third-order valence-corrected chi connectivity index (χ3v) is 5.96. The van der Waals surface area contributed by atoms with Crippen LogP contribution in [0.1, 0.15) is 25.3 Å². The molecular weight excluding hydrogens is 386 g/mol. The second-order valence-electron chi connectivity index (χ2n) is 7.24. The van der Waals surface area contributed by atoms with Gasteiger partial charge in [-0.05, 0) is 56.5 Å². The molecule has 150 valence electrons. The Balaban J connectivity index is 1.43. The number of carbonyl (C=O) groups excluding carboxylic acids is 2. The number of aryl methyl sites for hydroxylation is 1. The van der Waals surface area contributed by atoms with E-state index in [1.165, 1.54) is 11.3 Å². The number of nitrogens with one attached hydrogen (secondary N) is 1. The maximum Gasteiger partial charge on any atom is 0.264 e. The number of anilines is 1. The van der Waals surface area contributed by atoms with Crippen molar-refractivity contribution in [3.05, 3.63) is 54.1 Å². The van der Waals surface area contributed by atoms with E-state index < -0.39 is 12.1 Å². The minimum atomic E-state index is -0.660. The van der Waals surface area contributed by atoms with Crippen molar-refractivity contribution in [1.29, 1.82) is 0 Å². The molecule has 2 aromatic carbocycles. The second kappa shape index (κ2) is 8.21. The van der Waals surface area contributed by atoms with Crippen LogP contribution >= 0.6 is 11.3 Å². The first-order chi connectivity index (χ1) is 14.0. The van der Waals surface area contributed by atoms with Gasteiger partial charge in [0.05, 0.1) is 10.2 Å². The van der Waals surface area contributed by atoms with Gasteiger partial charge >= 0.3 is 0 Å². The number of thiazole rings is 1. The van der Waals surface area contributed by atoms with Gasteiger partial charge in [0.2, 0.25) is 5.91 Å². The molecule has 2 atom stereocenters. The molecule has 0 bridgehead atoms. The smallest absolute Gasteiger partial charge is 0.264 e. The summed E-state index contributed by atoms with van der Waals surface area (Å²) in [4.78, 5) is 31.9. The lowest BCUT2D eigenvalue weighted by Gasteiger charge is -2.26. The molecule has 4 rings (SSSR count). The fraction of sp³-hybridized carbons (Fsp3) is 0.318. The van der Waals surface area contributed by atoms with E-state index in [0.717, 1.165) is 22.2 Å². The molecule has 7 heteroatoms. The average Bonchev–Trinajstić information content (AvgIpc) is 3.33. The number of amides is 2. The maximum absolute atomic E-state index is 13.0. The molecule has 0 saturated carbocycles. The Hall–Kier alpha value is -2.93. The molecule has 1 N–H and O–H groups in total. The molecule has 1 aliphatic rings. The van der Waals surface area contributed by atoms with Crippen LogP contribution in [0.4, 0.5) is 5.13 Å². The van der Waals surface area contributed by atoms with Crippen LogP contribution in [0.3, 0.4) is 0 Å². The van der Waals surface area contributed by atoms with Crippen molar-refractivity contribution in [1.82, 2.24) is 9.88 Å². The van der Waals surface area contributed by atoms with Crippen LogP contribution in [-0.2, 0) is 9.59 Å². The zero-order chi connectivity index (χ0) is 20.4. The highest BCUT2D eigenvalue weighted by molar-refractivity contribution is 7.22. The van der Waals surface area contributed by atoms with E-state index >= 15 is 0 Å². The number of hydrogen-bond acceptors (Lipinski definition) is 5. The molecule has 29 heavy (non-hydrogen) atoms. The normalized spacial score (nSPS) is 17.3. The SMILES string of the molecule is Cc1cccc(O[C@H](C)C(=O)N2CCC[C@@H]2C(=O)Nc2nc3ccccc3s2)c1. The Labute approximate surface area is 173 Å². The highest BCUT2D eigenvalue weighted by Gasteiger charge is 2.37. The van der Waals surface area contributed by atoms with E-state index in [9.17, 15) is 9.59 Å². The quantitative estimate of drug-likeness (QED) is 0.691.